The Morgan fingerprint density at radius 3 is 2.67 bits per heavy atom. The number of nitrogens with one attached hydrogen (secondary N) is 2. The van der Waals surface area contributed by atoms with E-state index in [1.54, 1.807) is 0 Å². The zero-order chi connectivity index (χ0) is 12.6. The van der Waals surface area contributed by atoms with Gasteiger partial charge in [0.05, 0.1) is 6.61 Å². The van der Waals surface area contributed by atoms with Crippen molar-refractivity contribution >= 4 is 0 Å². The Kier molecular flexibility index (Phi) is 5.65. The summed E-state index contributed by atoms with van der Waals surface area (Å²) in [5.41, 5.74) is 2.67. The predicted molar refractivity (Wildman–Crippen MR) is 74.5 cm³/mol. The molecule has 0 amide bonds. The number of piperidine rings is 1. The highest BCUT2D eigenvalue weighted by atomic mass is 16.5. The fraction of sp³-hybridized carbons (Fsp3) is 0.600. The summed E-state index contributed by atoms with van der Waals surface area (Å²) < 4.78 is 5.51. The second-order valence-electron chi connectivity index (χ2n) is 4.81. The minimum atomic E-state index is 0.659. The molecule has 1 aliphatic heterocycles. The van der Waals surface area contributed by atoms with Gasteiger partial charge in [-0.25, -0.2) is 0 Å². The van der Waals surface area contributed by atoms with Crippen molar-refractivity contribution in [2.45, 2.75) is 39.0 Å². The molecule has 100 valence electrons. The molecule has 0 atom stereocenters. The van der Waals surface area contributed by atoms with E-state index in [4.69, 9.17) is 4.74 Å². The molecule has 1 fully saturated rings. The minimum absolute atomic E-state index is 0.659. The third-order valence-electron chi connectivity index (χ3n) is 3.50. The lowest BCUT2D eigenvalue weighted by atomic mass is 10.0. The zero-order valence-electron chi connectivity index (χ0n) is 11.2. The summed E-state index contributed by atoms with van der Waals surface area (Å²) in [6.45, 7) is 6.76. The van der Waals surface area contributed by atoms with E-state index in [9.17, 15) is 0 Å². The molecule has 1 heterocycles. The van der Waals surface area contributed by atoms with Gasteiger partial charge in [0, 0.05) is 19.2 Å². The second-order valence-corrected chi connectivity index (χ2v) is 4.81. The van der Waals surface area contributed by atoms with Gasteiger partial charge in [0.25, 0.3) is 0 Å². The summed E-state index contributed by atoms with van der Waals surface area (Å²) in [5.74, 6) is 0. The molecular weight excluding hydrogens is 224 g/mol. The van der Waals surface area contributed by atoms with Gasteiger partial charge in [-0.1, -0.05) is 24.3 Å². The van der Waals surface area contributed by atoms with Crippen LogP contribution in [-0.4, -0.2) is 25.7 Å². The first-order valence-electron chi connectivity index (χ1n) is 6.98. The molecule has 3 heteroatoms. The molecule has 1 aromatic rings. The topological polar surface area (TPSA) is 33.3 Å². The number of ether oxygens (including phenoxy) is 1. The van der Waals surface area contributed by atoms with Gasteiger partial charge in [-0.2, -0.15) is 0 Å². The smallest absolute Gasteiger partial charge is 0.0719 e. The van der Waals surface area contributed by atoms with Crippen molar-refractivity contribution < 1.29 is 4.74 Å². The fourth-order valence-electron chi connectivity index (χ4n) is 2.36. The van der Waals surface area contributed by atoms with Gasteiger partial charge in [-0.3, -0.25) is 0 Å². The lowest BCUT2D eigenvalue weighted by Gasteiger charge is -2.24. The van der Waals surface area contributed by atoms with Crippen LogP contribution in [0.25, 0.3) is 0 Å². The van der Waals surface area contributed by atoms with E-state index < -0.39 is 0 Å². The first-order chi connectivity index (χ1) is 8.90. The number of rotatable bonds is 6. The van der Waals surface area contributed by atoms with Crippen LogP contribution in [0.15, 0.2) is 24.3 Å². The Hall–Kier alpha value is -0.900. The maximum atomic E-state index is 5.51. The molecule has 1 aromatic carbocycles. The van der Waals surface area contributed by atoms with Crippen LogP contribution in [-0.2, 0) is 17.9 Å². The minimum Gasteiger partial charge on any atom is -0.377 e. The molecule has 0 aromatic heterocycles. The van der Waals surface area contributed by atoms with Crippen molar-refractivity contribution in [1.29, 1.82) is 0 Å². The fourth-order valence-corrected chi connectivity index (χ4v) is 2.36. The third kappa shape index (κ3) is 4.09. The van der Waals surface area contributed by atoms with Gasteiger partial charge >= 0.3 is 0 Å². The van der Waals surface area contributed by atoms with E-state index in [-0.39, 0.29) is 0 Å². The molecular formula is C15H24N2O. The number of hydrogen-bond acceptors (Lipinski definition) is 3. The summed E-state index contributed by atoms with van der Waals surface area (Å²) >= 11 is 0. The van der Waals surface area contributed by atoms with E-state index >= 15 is 0 Å². The molecule has 0 radical (unpaired) electrons. The van der Waals surface area contributed by atoms with Crippen molar-refractivity contribution in [1.82, 2.24) is 10.6 Å². The van der Waals surface area contributed by atoms with E-state index in [1.165, 1.54) is 24.0 Å². The molecule has 2 rings (SSSR count). The molecule has 0 unspecified atom stereocenters. The van der Waals surface area contributed by atoms with Crippen molar-refractivity contribution in [3.05, 3.63) is 35.4 Å². The molecule has 0 bridgehead atoms. The maximum Gasteiger partial charge on any atom is 0.0719 e. The molecule has 0 saturated carbocycles. The SMILES string of the molecule is CCOCc1ccccc1CNC1CCNCC1. The van der Waals surface area contributed by atoms with Gasteiger partial charge in [0.2, 0.25) is 0 Å². The Labute approximate surface area is 110 Å². The Balaban J connectivity index is 1.87. The highest BCUT2D eigenvalue weighted by Gasteiger charge is 2.12. The lowest BCUT2D eigenvalue weighted by Crippen LogP contribution is -2.39. The summed E-state index contributed by atoms with van der Waals surface area (Å²) in [6, 6.07) is 9.21. The summed E-state index contributed by atoms with van der Waals surface area (Å²) in [4.78, 5) is 0. The Morgan fingerprint density at radius 1 is 1.22 bits per heavy atom. The molecule has 1 aliphatic rings. The predicted octanol–water partition coefficient (Wildman–Crippen LogP) is 2.06. The van der Waals surface area contributed by atoms with Gasteiger partial charge in [-0.15, -0.1) is 0 Å². The Morgan fingerprint density at radius 2 is 1.94 bits per heavy atom. The normalized spacial score (nSPS) is 16.9. The van der Waals surface area contributed by atoms with E-state index in [1.807, 2.05) is 6.92 Å². The molecule has 2 N–H and O–H groups in total. The molecule has 0 spiro atoms. The first-order valence-corrected chi connectivity index (χ1v) is 6.98. The second kappa shape index (κ2) is 7.52. The van der Waals surface area contributed by atoms with Crippen LogP contribution < -0.4 is 10.6 Å². The molecule has 3 nitrogen and oxygen atoms in total. The highest BCUT2D eigenvalue weighted by molar-refractivity contribution is 5.26. The van der Waals surface area contributed by atoms with Crippen LogP contribution in [0.2, 0.25) is 0 Å². The molecule has 0 aliphatic carbocycles. The Bertz CT molecular complexity index is 348. The van der Waals surface area contributed by atoms with Gasteiger partial charge < -0.3 is 15.4 Å². The van der Waals surface area contributed by atoms with Crippen molar-refractivity contribution in [3.8, 4) is 0 Å². The van der Waals surface area contributed by atoms with Crippen LogP contribution in [0.1, 0.15) is 30.9 Å². The monoisotopic (exact) mass is 248 g/mol. The van der Waals surface area contributed by atoms with Gasteiger partial charge in [-0.05, 0) is 44.0 Å². The molecule has 18 heavy (non-hydrogen) atoms. The van der Waals surface area contributed by atoms with E-state index in [2.05, 4.69) is 34.9 Å². The quantitative estimate of drug-likeness (QED) is 0.808. The third-order valence-corrected chi connectivity index (χ3v) is 3.50. The van der Waals surface area contributed by atoms with Crippen molar-refractivity contribution in [2.24, 2.45) is 0 Å². The van der Waals surface area contributed by atoms with Crippen LogP contribution in [0.3, 0.4) is 0 Å². The van der Waals surface area contributed by atoms with Crippen LogP contribution in [0.5, 0.6) is 0 Å². The van der Waals surface area contributed by atoms with Crippen LogP contribution in [0.4, 0.5) is 0 Å². The highest BCUT2D eigenvalue weighted by Crippen LogP contribution is 2.11. The molecule has 1 saturated heterocycles. The summed E-state index contributed by atoms with van der Waals surface area (Å²) in [7, 11) is 0. The van der Waals surface area contributed by atoms with Gasteiger partial charge in [0.1, 0.15) is 0 Å². The lowest BCUT2D eigenvalue weighted by molar-refractivity contribution is 0.133. The van der Waals surface area contributed by atoms with E-state index in [0.717, 1.165) is 32.8 Å². The maximum absolute atomic E-state index is 5.51. The zero-order valence-corrected chi connectivity index (χ0v) is 11.2. The first kappa shape index (κ1) is 13.5. The van der Waals surface area contributed by atoms with Crippen molar-refractivity contribution in [3.63, 3.8) is 0 Å². The van der Waals surface area contributed by atoms with Gasteiger partial charge in [0.15, 0.2) is 0 Å². The average molecular weight is 248 g/mol. The standard InChI is InChI=1S/C15H24N2O/c1-2-18-12-14-6-4-3-5-13(14)11-17-15-7-9-16-10-8-15/h3-6,15-17H,2,7-12H2,1H3. The summed E-state index contributed by atoms with van der Waals surface area (Å²) in [6.07, 6.45) is 2.46. The van der Waals surface area contributed by atoms with Crippen LogP contribution in [0, 0.1) is 0 Å². The van der Waals surface area contributed by atoms with Crippen LogP contribution >= 0.6 is 0 Å². The largest absolute Gasteiger partial charge is 0.377 e. The number of hydrogen-bond donors (Lipinski definition) is 2. The van der Waals surface area contributed by atoms with E-state index in [0.29, 0.717) is 6.04 Å². The summed E-state index contributed by atoms with van der Waals surface area (Å²) in [5, 5.41) is 7.05. The van der Waals surface area contributed by atoms with Crippen molar-refractivity contribution in [2.75, 3.05) is 19.7 Å². The average Bonchev–Trinajstić information content (AvgIpc) is 2.45. The number of benzene rings is 1.